The summed E-state index contributed by atoms with van der Waals surface area (Å²) in [4.78, 5) is 17.0. The summed E-state index contributed by atoms with van der Waals surface area (Å²) in [6, 6.07) is 8.17. The van der Waals surface area contributed by atoms with E-state index in [1.54, 1.807) is 0 Å². The van der Waals surface area contributed by atoms with Crippen LogP contribution in [0.5, 0.6) is 0 Å². The van der Waals surface area contributed by atoms with Crippen molar-refractivity contribution in [3.05, 3.63) is 35.4 Å². The van der Waals surface area contributed by atoms with Gasteiger partial charge in [0.25, 0.3) is 5.91 Å². The fourth-order valence-corrected chi connectivity index (χ4v) is 3.23. The number of nitrogens with zero attached hydrogens (tertiary/aromatic N) is 2. The minimum Gasteiger partial charge on any atom is -0.379 e. The van der Waals surface area contributed by atoms with Gasteiger partial charge in [0, 0.05) is 38.3 Å². The first kappa shape index (κ1) is 15.5. The molecule has 4 heteroatoms. The van der Waals surface area contributed by atoms with Gasteiger partial charge in [0.15, 0.2) is 0 Å². The van der Waals surface area contributed by atoms with Gasteiger partial charge in [-0.25, -0.2) is 0 Å². The summed E-state index contributed by atoms with van der Waals surface area (Å²) < 4.78 is 5.37. The van der Waals surface area contributed by atoms with Crippen LogP contribution in [0.25, 0.3) is 0 Å². The molecule has 0 aliphatic carbocycles. The Morgan fingerprint density at radius 2 is 1.55 bits per heavy atom. The molecular weight excluding hydrogens is 276 g/mol. The largest absolute Gasteiger partial charge is 0.379 e. The summed E-state index contributed by atoms with van der Waals surface area (Å²) >= 11 is 0. The van der Waals surface area contributed by atoms with E-state index in [1.165, 1.54) is 18.4 Å². The molecule has 1 amide bonds. The number of amides is 1. The molecule has 3 rings (SSSR count). The molecule has 120 valence electrons. The molecule has 22 heavy (non-hydrogen) atoms. The Morgan fingerprint density at radius 1 is 0.909 bits per heavy atom. The van der Waals surface area contributed by atoms with E-state index in [2.05, 4.69) is 17.0 Å². The molecule has 2 fully saturated rings. The van der Waals surface area contributed by atoms with Crippen LogP contribution in [0.1, 0.15) is 41.6 Å². The van der Waals surface area contributed by atoms with Gasteiger partial charge in [-0.2, -0.15) is 0 Å². The third-order valence-electron chi connectivity index (χ3n) is 4.60. The molecule has 0 radical (unpaired) electrons. The number of benzene rings is 1. The van der Waals surface area contributed by atoms with Gasteiger partial charge in [0.1, 0.15) is 0 Å². The summed E-state index contributed by atoms with van der Waals surface area (Å²) in [5, 5.41) is 0. The highest BCUT2D eigenvalue weighted by Gasteiger charge is 2.17. The Labute approximate surface area is 133 Å². The van der Waals surface area contributed by atoms with Crippen LogP contribution >= 0.6 is 0 Å². The van der Waals surface area contributed by atoms with Gasteiger partial charge in [0.05, 0.1) is 13.2 Å². The van der Waals surface area contributed by atoms with Crippen molar-refractivity contribution in [1.82, 2.24) is 9.80 Å². The van der Waals surface area contributed by atoms with E-state index >= 15 is 0 Å². The topological polar surface area (TPSA) is 32.8 Å². The third-order valence-corrected chi connectivity index (χ3v) is 4.60. The standard InChI is InChI=1S/C18H26N2O2/c21-18(20-9-3-1-2-4-10-20)17-7-5-16(6-8-17)15-19-11-13-22-14-12-19/h5-8H,1-4,9-15H2. The molecule has 0 N–H and O–H groups in total. The van der Waals surface area contributed by atoms with Crippen molar-refractivity contribution in [2.45, 2.75) is 32.2 Å². The van der Waals surface area contributed by atoms with Crippen LogP contribution in [0.15, 0.2) is 24.3 Å². The zero-order chi connectivity index (χ0) is 15.2. The second-order valence-electron chi connectivity index (χ2n) is 6.29. The van der Waals surface area contributed by atoms with Gasteiger partial charge in [-0.05, 0) is 30.5 Å². The van der Waals surface area contributed by atoms with Crippen molar-refractivity contribution in [3.8, 4) is 0 Å². The predicted molar refractivity (Wildman–Crippen MR) is 86.9 cm³/mol. The molecule has 4 nitrogen and oxygen atoms in total. The normalized spacial score (nSPS) is 20.6. The van der Waals surface area contributed by atoms with Crippen molar-refractivity contribution < 1.29 is 9.53 Å². The lowest BCUT2D eigenvalue weighted by Gasteiger charge is -2.26. The first-order valence-electron chi connectivity index (χ1n) is 8.51. The summed E-state index contributed by atoms with van der Waals surface area (Å²) in [6.45, 7) is 6.41. The number of hydrogen-bond donors (Lipinski definition) is 0. The van der Waals surface area contributed by atoms with Crippen LogP contribution < -0.4 is 0 Å². The fraction of sp³-hybridized carbons (Fsp3) is 0.611. The van der Waals surface area contributed by atoms with Gasteiger partial charge in [0.2, 0.25) is 0 Å². The van der Waals surface area contributed by atoms with Crippen LogP contribution in [0.3, 0.4) is 0 Å². The van der Waals surface area contributed by atoms with Gasteiger partial charge in [-0.3, -0.25) is 9.69 Å². The van der Waals surface area contributed by atoms with Gasteiger partial charge in [-0.1, -0.05) is 25.0 Å². The van der Waals surface area contributed by atoms with Crippen molar-refractivity contribution in [2.24, 2.45) is 0 Å². The maximum atomic E-state index is 12.6. The lowest BCUT2D eigenvalue weighted by Crippen LogP contribution is -2.35. The Balaban J connectivity index is 1.59. The molecule has 0 atom stereocenters. The van der Waals surface area contributed by atoms with Crippen LogP contribution in [-0.4, -0.2) is 55.1 Å². The molecule has 0 spiro atoms. The molecular formula is C18H26N2O2. The molecule has 0 unspecified atom stereocenters. The second kappa shape index (κ2) is 7.75. The van der Waals surface area contributed by atoms with Crippen molar-refractivity contribution in [1.29, 1.82) is 0 Å². The van der Waals surface area contributed by atoms with Crippen LogP contribution in [0.2, 0.25) is 0 Å². The van der Waals surface area contributed by atoms with Crippen LogP contribution in [0.4, 0.5) is 0 Å². The molecule has 0 saturated carbocycles. The average molecular weight is 302 g/mol. The lowest BCUT2D eigenvalue weighted by molar-refractivity contribution is 0.0342. The van der Waals surface area contributed by atoms with Crippen molar-refractivity contribution in [3.63, 3.8) is 0 Å². The van der Waals surface area contributed by atoms with Crippen molar-refractivity contribution in [2.75, 3.05) is 39.4 Å². The zero-order valence-corrected chi connectivity index (χ0v) is 13.3. The smallest absolute Gasteiger partial charge is 0.253 e. The van der Waals surface area contributed by atoms with Gasteiger partial charge in [-0.15, -0.1) is 0 Å². The van der Waals surface area contributed by atoms with E-state index in [0.29, 0.717) is 0 Å². The molecule has 2 heterocycles. The summed E-state index contributed by atoms with van der Waals surface area (Å²) in [5.41, 5.74) is 2.10. The van der Waals surface area contributed by atoms with E-state index in [0.717, 1.165) is 64.3 Å². The molecule has 2 saturated heterocycles. The third kappa shape index (κ3) is 4.08. The SMILES string of the molecule is O=C(c1ccc(CN2CCOCC2)cc1)N1CCCCCC1. The molecule has 1 aromatic rings. The Bertz CT molecular complexity index is 472. The second-order valence-corrected chi connectivity index (χ2v) is 6.29. The summed E-state index contributed by atoms with van der Waals surface area (Å²) in [7, 11) is 0. The highest BCUT2D eigenvalue weighted by atomic mass is 16.5. The van der Waals surface area contributed by atoms with E-state index in [9.17, 15) is 4.79 Å². The molecule has 2 aliphatic rings. The first-order valence-corrected chi connectivity index (χ1v) is 8.51. The molecule has 1 aromatic carbocycles. The quantitative estimate of drug-likeness (QED) is 0.860. The van der Waals surface area contributed by atoms with E-state index in [-0.39, 0.29) is 5.91 Å². The Hall–Kier alpha value is -1.39. The van der Waals surface area contributed by atoms with Crippen LogP contribution in [-0.2, 0) is 11.3 Å². The number of ether oxygens (including phenoxy) is 1. The molecule has 0 bridgehead atoms. The predicted octanol–water partition coefficient (Wildman–Crippen LogP) is 2.54. The molecule has 0 aromatic heterocycles. The monoisotopic (exact) mass is 302 g/mol. The lowest BCUT2D eigenvalue weighted by atomic mass is 10.1. The number of likely N-dealkylation sites (tertiary alicyclic amines) is 1. The highest BCUT2D eigenvalue weighted by molar-refractivity contribution is 5.94. The van der Waals surface area contributed by atoms with Gasteiger partial charge >= 0.3 is 0 Å². The van der Waals surface area contributed by atoms with Gasteiger partial charge < -0.3 is 9.64 Å². The number of carbonyl (C=O) groups excluding carboxylic acids is 1. The Morgan fingerprint density at radius 3 is 2.18 bits per heavy atom. The summed E-state index contributed by atoms with van der Waals surface area (Å²) in [6.07, 6.45) is 4.78. The maximum Gasteiger partial charge on any atom is 0.253 e. The van der Waals surface area contributed by atoms with E-state index in [4.69, 9.17) is 4.74 Å². The molecule has 2 aliphatic heterocycles. The number of morpholine rings is 1. The van der Waals surface area contributed by atoms with E-state index < -0.39 is 0 Å². The van der Waals surface area contributed by atoms with E-state index in [1.807, 2.05) is 17.0 Å². The Kier molecular flexibility index (Phi) is 5.46. The van der Waals surface area contributed by atoms with Crippen LogP contribution in [0, 0.1) is 0 Å². The maximum absolute atomic E-state index is 12.6. The minimum atomic E-state index is 0.194. The fourth-order valence-electron chi connectivity index (χ4n) is 3.23. The average Bonchev–Trinajstić information content (AvgIpc) is 2.85. The number of carbonyl (C=O) groups is 1. The number of rotatable bonds is 3. The summed E-state index contributed by atoms with van der Waals surface area (Å²) in [5.74, 6) is 0.194. The highest BCUT2D eigenvalue weighted by Crippen LogP contribution is 2.15. The number of hydrogen-bond acceptors (Lipinski definition) is 3. The minimum absolute atomic E-state index is 0.194. The first-order chi connectivity index (χ1) is 10.8. The van der Waals surface area contributed by atoms with Crippen molar-refractivity contribution >= 4 is 5.91 Å². The zero-order valence-electron chi connectivity index (χ0n) is 13.3.